The fourth-order valence-corrected chi connectivity index (χ4v) is 6.43. The first-order valence-electron chi connectivity index (χ1n) is 11.3. The highest BCUT2D eigenvalue weighted by molar-refractivity contribution is 7.92. The van der Waals surface area contributed by atoms with E-state index >= 15 is 0 Å². The second-order valence-electron chi connectivity index (χ2n) is 9.47. The van der Waals surface area contributed by atoms with Crippen LogP contribution in [-0.4, -0.2) is 62.0 Å². The fraction of sp³-hybridized carbons (Fsp3) is 0.500. The molecule has 0 amide bonds. The Morgan fingerprint density at radius 3 is 2.06 bits per heavy atom. The molecular weight excluding hydrogens is 474 g/mol. The van der Waals surface area contributed by atoms with E-state index in [1.165, 1.54) is 38.4 Å². The molecule has 0 aromatic heterocycles. The summed E-state index contributed by atoms with van der Waals surface area (Å²) in [5, 5.41) is 0. The van der Waals surface area contributed by atoms with Crippen LogP contribution >= 0.6 is 0 Å². The van der Waals surface area contributed by atoms with E-state index in [0.717, 1.165) is 42.3 Å². The topological polar surface area (TPSA) is 96.0 Å². The van der Waals surface area contributed by atoms with Gasteiger partial charge in [-0.05, 0) is 67.5 Å². The van der Waals surface area contributed by atoms with Gasteiger partial charge in [-0.3, -0.25) is 4.72 Å². The summed E-state index contributed by atoms with van der Waals surface area (Å²) in [5.74, 6) is 0. The third kappa shape index (κ3) is 5.73. The summed E-state index contributed by atoms with van der Waals surface area (Å²) in [7, 11) is -0.953. The van der Waals surface area contributed by atoms with Crippen molar-refractivity contribution in [2.24, 2.45) is 5.41 Å². The monoisotopic (exact) mass is 509 g/mol. The SMILES string of the molecule is COCC1(C)CCC(N(C)c2ccccc2NS(=O)(=O)c2ccc(S(=O)(=O)N(C)C)cc2)CC1. The molecule has 8 nitrogen and oxygen atoms in total. The highest BCUT2D eigenvalue weighted by Crippen LogP contribution is 2.40. The third-order valence-electron chi connectivity index (χ3n) is 6.64. The van der Waals surface area contributed by atoms with Gasteiger partial charge in [-0.25, -0.2) is 21.1 Å². The van der Waals surface area contributed by atoms with Crippen molar-refractivity contribution in [2.75, 3.05) is 44.5 Å². The predicted molar refractivity (Wildman–Crippen MR) is 135 cm³/mol. The van der Waals surface area contributed by atoms with Gasteiger partial charge in [-0.15, -0.1) is 0 Å². The molecule has 1 aliphatic rings. The average molecular weight is 510 g/mol. The van der Waals surface area contributed by atoms with E-state index in [4.69, 9.17) is 4.74 Å². The summed E-state index contributed by atoms with van der Waals surface area (Å²) in [5.41, 5.74) is 1.47. The minimum absolute atomic E-state index is 0.00402. The molecule has 0 atom stereocenters. The number of para-hydroxylation sites is 2. The smallest absolute Gasteiger partial charge is 0.261 e. The maximum atomic E-state index is 13.1. The summed E-state index contributed by atoms with van der Waals surface area (Å²) >= 11 is 0. The standard InChI is InChI=1S/C24H35N3O5S2/c1-24(18-32-5)16-14-19(15-17-24)27(4)23-9-7-6-8-22(23)25-33(28,29)20-10-12-21(13-11-20)34(30,31)26(2)3/h6-13,19,25H,14-18H2,1-5H3. The molecule has 0 bridgehead atoms. The summed E-state index contributed by atoms with van der Waals surface area (Å²) in [4.78, 5) is 2.18. The number of anilines is 2. The average Bonchev–Trinajstić information content (AvgIpc) is 2.79. The normalized spacial score (nSPS) is 21.4. The van der Waals surface area contributed by atoms with Gasteiger partial charge in [-0.1, -0.05) is 19.1 Å². The number of nitrogens with one attached hydrogen (secondary N) is 1. The molecule has 0 saturated heterocycles. The van der Waals surface area contributed by atoms with Gasteiger partial charge < -0.3 is 9.64 Å². The molecule has 0 spiro atoms. The van der Waals surface area contributed by atoms with E-state index < -0.39 is 20.0 Å². The lowest BCUT2D eigenvalue weighted by Crippen LogP contribution is -2.39. The first kappa shape index (κ1) is 26.5. The van der Waals surface area contributed by atoms with E-state index in [0.29, 0.717) is 11.7 Å². The number of nitrogens with zero attached hydrogens (tertiary/aromatic N) is 2. The molecule has 0 radical (unpaired) electrons. The van der Waals surface area contributed by atoms with Gasteiger partial charge in [0.15, 0.2) is 0 Å². The van der Waals surface area contributed by atoms with E-state index in [2.05, 4.69) is 16.5 Å². The Morgan fingerprint density at radius 2 is 1.50 bits per heavy atom. The summed E-state index contributed by atoms with van der Waals surface area (Å²) in [6, 6.07) is 12.9. The summed E-state index contributed by atoms with van der Waals surface area (Å²) in [6.07, 6.45) is 4.09. The zero-order valence-electron chi connectivity index (χ0n) is 20.5. The van der Waals surface area contributed by atoms with Gasteiger partial charge in [0.1, 0.15) is 0 Å². The number of hydrogen-bond acceptors (Lipinski definition) is 6. The zero-order chi connectivity index (χ0) is 25.1. The summed E-state index contributed by atoms with van der Waals surface area (Å²) < 4.78 is 59.9. The Bertz CT molecular complexity index is 1190. The Kier molecular flexibility index (Phi) is 7.96. The van der Waals surface area contributed by atoms with Crippen molar-refractivity contribution in [3.8, 4) is 0 Å². The predicted octanol–water partition coefficient (Wildman–Crippen LogP) is 3.77. The van der Waals surface area contributed by atoms with Crippen molar-refractivity contribution >= 4 is 31.4 Å². The van der Waals surface area contributed by atoms with Crippen molar-refractivity contribution in [1.29, 1.82) is 0 Å². The first-order chi connectivity index (χ1) is 15.9. The molecule has 3 rings (SSSR count). The number of rotatable bonds is 9. The van der Waals surface area contributed by atoms with Crippen LogP contribution in [0.4, 0.5) is 11.4 Å². The zero-order valence-corrected chi connectivity index (χ0v) is 22.1. The maximum Gasteiger partial charge on any atom is 0.261 e. The lowest BCUT2D eigenvalue weighted by molar-refractivity contribution is 0.0583. The van der Waals surface area contributed by atoms with Crippen LogP contribution in [0.5, 0.6) is 0 Å². The molecule has 188 valence electrons. The van der Waals surface area contributed by atoms with Crippen LogP contribution in [0.3, 0.4) is 0 Å². The molecule has 0 heterocycles. The Labute approximate surface area is 204 Å². The number of methoxy groups -OCH3 is 1. The lowest BCUT2D eigenvalue weighted by atomic mass is 9.74. The van der Waals surface area contributed by atoms with Crippen molar-refractivity contribution < 1.29 is 21.6 Å². The van der Waals surface area contributed by atoms with Gasteiger partial charge in [-0.2, -0.15) is 0 Å². The van der Waals surface area contributed by atoms with Crippen LogP contribution in [0.25, 0.3) is 0 Å². The van der Waals surface area contributed by atoms with Gasteiger partial charge >= 0.3 is 0 Å². The molecule has 0 aliphatic heterocycles. The Balaban J connectivity index is 1.79. The highest BCUT2D eigenvalue weighted by atomic mass is 32.2. The molecule has 1 fully saturated rings. The lowest BCUT2D eigenvalue weighted by Gasteiger charge is -2.41. The number of ether oxygens (including phenoxy) is 1. The van der Waals surface area contributed by atoms with Crippen molar-refractivity contribution in [1.82, 2.24) is 4.31 Å². The van der Waals surface area contributed by atoms with Crippen LogP contribution < -0.4 is 9.62 Å². The van der Waals surface area contributed by atoms with Crippen LogP contribution in [0, 0.1) is 5.41 Å². The molecule has 2 aromatic carbocycles. The van der Waals surface area contributed by atoms with Gasteiger partial charge in [0.25, 0.3) is 10.0 Å². The number of hydrogen-bond donors (Lipinski definition) is 1. The van der Waals surface area contributed by atoms with Crippen LogP contribution in [0.15, 0.2) is 58.3 Å². The maximum absolute atomic E-state index is 13.1. The Hall–Kier alpha value is -2.14. The Morgan fingerprint density at radius 1 is 0.941 bits per heavy atom. The van der Waals surface area contributed by atoms with Gasteiger partial charge in [0.05, 0.1) is 27.8 Å². The second-order valence-corrected chi connectivity index (χ2v) is 13.3. The van der Waals surface area contributed by atoms with E-state index in [-0.39, 0.29) is 15.2 Å². The third-order valence-corrected chi connectivity index (χ3v) is 9.85. The quantitative estimate of drug-likeness (QED) is 0.553. The highest BCUT2D eigenvalue weighted by Gasteiger charge is 2.33. The van der Waals surface area contributed by atoms with E-state index in [1.807, 2.05) is 19.2 Å². The first-order valence-corrected chi connectivity index (χ1v) is 14.2. The minimum Gasteiger partial charge on any atom is -0.384 e. The van der Waals surface area contributed by atoms with Gasteiger partial charge in [0, 0.05) is 34.3 Å². The van der Waals surface area contributed by atoms with Crippen molar-refractivity contribution in [2.45, 2.75) is 48.4 Å². The molecule has 2 aromatic rings. The molecular formula is C24H35N3O5S2. The molecule has 1 N–H and O–H groups in total. The molecule has 0 unspecified atom stereocenters. The largest absolute Gasteiger partial charge is 0.384 e. The van der Waals surface area contributed by atoms with Crippen LogP contribution in [0.1, 0.15) is 32.6 Å². The number of sulfonamides is 2. The van der Waals surface area contributed by atoms with Gasteiger partial charge in [0.2, 0.25) is 10.0 Å². The van der Waals surface area contributed by atoms with Crippen LogP contribution in [-0.2, 0) is 24.8 Å². The minimum atomic E-state index is -3.91. The van der Waals surface area contributed by atoms with Crippen LogP contribution in [0.2, 0.25) is 0 Å². The number of benzene rings is 2. The van der Waals surface area contributed by atoms with E-state index in [9.17, 15) is 16.8 Å². The van der Waals surface area contributed by atoms with Crippen molar-refractivity contribution in [3.63, 3.8) is 0 Å². The molecule has 1 aliphatic carbocycles. The summed E-state index contributed by atoms with van der Waals surface area (Å²) in [6.45, 7) is 3.00. The fourth-order valence-electron chi connectivity index (χ4n) is 4.45. The molecule has 1 saturated carbocycles. The van der Waals surface area contributed by atoms with E-state index in [1.54, 1.807) is 19.2 Å². The molecule has 34 heavy (non-hydrogen) atoms. The second kappa shape index (κ2) is 10.2. The van der Waals surface area contributed by atoms with Crippen molar-refractivity contribution in [3.05, 3.63) is 48.5 Å². The molecule has 10 heteroatoms.